The molecule has 1 unspecified atom stereocenters. The number of hydrogen-bond acceptors (Lipinski definition) is 0. The second-order valence-corrected chi connectivity index (χ2v) is 2.30. The van der Waals surface area contributed by atoms with E-state index < -0.39 is 0 Å². The molecular weight excluding hydrogens is 79.0 g/mol. The van der Waals surface area contributed by atoms with Crippen LogP contribution in [0.15, 0.2) is 0 Å². The van der Waals surface area contributed by atoms with Gasteiger partial charge < -0.3 is 0 Å². The van der Waals surface area contributed by atoms with Crippen molar-refractivity contribution in [1.29, 1.82) is 0 Å². The van der Waals surface area contributed by atoms with Crippen molar-refractivity contribution in [2.24, 2.45) is 5.92 Å². The molecule has 0 bridgehead atoms. The molecule has 0 heterocycles. The molecule has 0 amide bonds. The maximum absolute atomic E-state index is 2.31. The van der Waals surface area contributed by atoms with Crippen LogP contribution in [0.3, 0.4) is 0 Å². The van der Waals surface area contributed by atoms with Crippen molar-refractivity contribution in [3.63, 3.8) is 0 Å². The Morgan fingerprint density at radius 1 is 1.57 bits per heavy atom. The van der Waals surface area contributed by atoms with E-state index in [0.29, 0.717) is 0 Å². The molecule has 1 heteroatoms. The minimum absolute atomic E-state index is 0.949. The van der Waals surface area contributed by atoms with Crippen molar-refractivity contribution >= 4 is 17.7 Å². The summed E-state index contributed by atoms with van der Waals surface area (Å²) in [6.45, 7) is 4.56. The molecule has 1 atom stereocenters. The van der Waals surface area contributed by atoms with E-state index in [1.807, 2.05) is 0 Å². The zero-order chi connectivity index (χ0) is 5.70. The molecule has 0 spiro atoms. The Kier molecular flexibility index (Phi) is 5.15. The van der Waals surface area contributed by atoms with Crippen LogP contribution in [-0.4, -0.2) is 17.7 Å². The van der Waals surface area contributed by atoms with Crippen LogP contribution in [-0.2, 0) is 0 Å². The van der Waals surface area contributed by atoms with Crippen LogP contribution in [0.4, 0.5) is 0 Å². The average Bonchev–Trinajstić information content (AvgIpc) is 1.68. The molecule has 0 aromatic carbocycles. The first-order chi connectivity index (χ1) is 3.31. The molecule has 0 aromatic heterocycles. The van der Waals surface area contributed by atoms with E-state index in [1.54, 1.807) is 0 Å². The third-order valence-corrected chi connectivity index (χ3v) is 1.48. The minimum atomic E-state index is 0.949. The van der Waals surface area contributed by atoms with Gasteiger partial charge in [-0.15, -0.1) is 0 Å². The molecular formula is C6H13Li. The summed E-state index contributed by atoms with van der Waals surface area (Å²) in [6.07, 6.45) is 2.74. The van der Waals surface area contributed by atoms with Crippen LogP contribution in [0.25, 0.3) is 0 Å². The Balaban J connectivity index is 2.83. The predicted octanol–water partition coefficient (Wildman–Crippen LogP) is 2.01. The standard InChI is InChI=1S/C6H13.Li/c1-4-6(3)5-2;/h6H,1,4-5H2,2-3H3;. The van der Waals surface area contributed by atoms with E-state index in [1.165, 1.54) is 17.9 Å². The fraction of sp³-hybridized carbons (Fsp3) is 1.00. The van der Waals surface area contributed by atoms with E-state index in [-0.39, 0.29) is 0 Å². The monoisotopic (exact) mass is 92.1 g/mol. The Hall–Kier alpha value is 0.597. The molecule has 0 nitrogen and oxygen atoms in total. The van der Waals surface area contributed by atoms with Crippen molar-refractivity contribution in [2.45, 2.75) is 31.8 Å². The third kappa shape index (κ3) is 4.45. The van der Waals surface area contributed by atoms with Gasteiger partial charge in [0, 0.05) is 0 Å². The van der Waals surface area contributed by atoms with Crippen molar-refractivity contribution in [2.75, 3.05) is 0 Å². The molecule has 0 saturated heterocycles. The summed E-state index contributed by atoms with van der Waals surface area (Å²) in [5.74, 6) is 0.949. The van der Waals surface area contributed by atoms with E-state index in [9.17, 15) is 0 Å². The van der Waals surface area contributed by atoms with Crippen LogP contribution >= 0.6 is 0 Å². The topological polar surface area (TPSA) is 0 Å². The molecule has 7 heavy (non-hydrogen) atoms. The average molecular weight is 92.1 g/mol. The summed E-state index contributed by atoms with van der Waals surface area (Å²) >= 11 is 2.24. The zero-order valence-electron chi connectivity index (χ0n) is 5.70. The fourth-order valence-electron chi connectivity index (χ4n) is 0.697. The predicted molar refractivity (Wildman–Crippen MR) is 34.6 cm³/mol. The van der Waals surface area contributed by atoms with Gasteiger partial charge in [0.2, 0.25) is 0 Å². The molecule has 0 aliphatic heterocycles. The molecule has 0 aliphatic carbocycles. The second kappa shape index (κ2) is 4.75. The Labute approximate surface area is 55.9 Å². The van der Waals surface area contributed by atoms with Gasteiger partial charge >= 0.3 is 55.4 Å². The molecule has 0 fully saturated rings. The van der Waals surface area contributed by atoms with Gasteiger partial charge in [-0.05, 0) is 0 Å². The first-order valence-electron chi connectivity index (χ1n) is 3.31. The van der Waals surface area contributed by atoms with Crippen LogP contribution in [0.2, 0.25) is 5.09 Å². The molecule has 0 saturated carbocycles. The Morgan fingerprint density at radius 3 is 2.29 bits per heavy atom. The van der Waals surface area contributed by atoms with E-state index in [0.717, 1.165) is 5.92 Å². The molecule has 0 aromatic rings. The van der Waals surface area contributed by atoms with Gasteiger partial charge in [-0.3, -0.25) is 0 Å². The van der Waals surface area contributed by atoms with Gasteiger partial charge in [-0.1, -0.05) is 0 Å². The Morgan fingerprint density at radius 2 is 2.14 bits per heavy atom. The first-order valence-corrected chi connectivity index (χ1v) is 3.31. The zero-order valence-corrected chi connectivity index (χ0v) is 5.70. The van der Waals surface area contributed by atoms with E-state index in [4.69, 9.17) is 0 Å². The van der Waals surface area contributed by atoms with Crippen LogP contribution in [0, 0.1) is 5.92 Å². The van der Waals surface area contributed by atoms with Crippen molar-refractivity contribution in [3.8, 4) is 0 Å². The van der Waals surface area contributed by atoms with Crippen LogP contribution in [0.5, 0.6) is 0 Å². The van der Waals surface area contributed by atoms with Gasteiger partial charge in [0.15, 0.2) is 0 Å². The van der Waals surface area contributed by atoms with E-state index in [2.05, 4.69) is 31.6 Å². The second-order valence-electron chi connectivity index (χ2n) is 2.30. The van der Waals surface area contributed by atoms with Gasteiger partial charge in [0.25, 0.3) is 0 Å². The van der Waals surface area contributed by atoms with E-state index >= 15 is 0 Å². The van der Waals surface area contributed by atoms with Crippen LogP contribution < -0.4 is 0 Å². The summed E-state index contributed by atoms with van der Waals surface area (Å²) in [4.78, 5) is 0. The summed E-state index contributed by atoms with van der Waals surface area (Å²) < 4.78 is 0. The summed E-state index contributed by atoms with van der Waals surface area (Å²) in [5, 5.41) is 1.34. The van der Waals surface area contributed by atoms with Gasteiger partial charge in [0.05, 0.1) is 0 Å². The van der Waals surface area contributed by atoms with Gasteiger partial charge in [-0.25, -0.2) is 0 Å². The normalized spacial score (nSPS) is 14.3. The molecule has 38 valence electrons. The van der Waals surface area contributed by atoms with Gasteiger partial charge in [-0.2, -0.15) is 0 Å². The third-order valence-electron chi connectivity index (χ3n) is 1.48. The molecule has 0 aliphatic rings. The van der Waals surface area contributed by atoms with Gasteiger partial charge in [0.1, 0.15) is 0 Å². The Bertz CT molecular complexity index is 35.2. The summed E-state index contributed by atoms with van der Waals surface area (Å²) in [6, 6.07) is 0. The number of rotatable bonds is 3. The summed E-state index contributed by atoms with van der Waals surface area (Å²) in [7, 11) is 0. The molecule has 0 radical (unpaired) electrons. The first kappa shape index (κ1) is 7.60. The van der Waals surface area contributed by atoms with Crippen molar-refractivity contribution in [3.05, 3.63) is 0 Å². The summed E-state index contributed by atoms with van der Waals surface area (Å²) in [5.41, 5.74) is 0. The van der Waals surface area contributed by atoms with Crippen molar-refractivity contribution in [1.82, 2.24) is 0 Å². The maximum atomic E-state index is 2.31. The molecule has 0 rings (SSSR count). The fourth-order valence-corrected chi connectivity index (χ4v) is 0.697. The van der Waals surface area contributed by atoms with Crippen molar-refractivity contribution < 1.29 is 0 Å². The van der Waals surface area contributed by atoms with Crippen LogP contribution in [0.1, 0.15) is 26.7 Å². The quantitative estimate of drug-likeness (QED) is 0.467. The number of hydrogen-bond donors (Lipinski definition) is 0. The molecule has 0 N–H and O–H groups in total. The SMILES string of the molecule is [Li][CH2]CC(C)CC.